The molecule has 120 valence electrons. The summed E-state index contributed by atoms with van der Waals surface area (Å²) in [4.78, 5) is 20.3. The lowest BCUT2D eigenvalue weighted by Crippen LogP contribution is -2.27. The van der Waals surface area contributed by atoms with E-state index in [0.29, 0.717) is 16.2 Å². The van der Waals surface area contributed by atoms with Crippen molar-refractivity contribution >= 4 is 28.1 Å². The van der Waals surface area contributed by atoms with Gasteiger partial charge < -0.3 is 10.6 Å². The highest BCUT2D eigenvalue weighted by Gasteiger charge is 2.63. The smallest absolute Gasteiger partial charge is 0.271 e. The second-order valence-corrected chi connectivity index (χ2v) is 7.35. The van der Waals surface area contributed by atoms with E-state index in [0.717, 1.165) is 23.4 Å². The van der Waals surface area contributed by atoms with Crippen LogP contribution in [0.5, 0.6) is 0 Å². The first-order valence-corrected chi connectivity index (χ1v) is 8.15. The van der Waals surface area contributed by atoms with Gasteiger partial charge in [0, 0.05) is 28.7 Å². The fourth-order valence-electron chi connectivity index (χ4n) is 2.81. The lowest BCUT2D eigenvalue weighted by molar-refractivity contribution is 0.0943. The molecular weight excluding hydrogens is 322 g/mol. The van der Waals surface area contributed by atoms with Crippen molar-refractivity contribution in [3.8, 4) is 0 Å². The number of carbonyl (C=O) groups is 1. The maximum atomic E-state index is 13.1. The summed E-state index contributed by atoms with van der Waals surface area (Å²) in [6, 6.07) is 2.41. The van der Waals surface area contributed by atoms with E-state index < -0.39 is 11.9 Å². The molecule has 5 nitrogen and oxygen atoms in total. The molecule has 2 aromatic rings. The normalized spacial score (nSPS) is 20.4. The molecule has 0 aromatic carbocycles. The molecular formula is C15H14F2N4OS. The van der Waals surface area contributed by atoms with Gasteiger partial charge in [-0.2, -0.15) is 13.8 Å². The molecule has 2 fully saturated rings. The summed E-state index contributed by atoms with van der Waals surface area (Å²) in [6.45, 7) is 1.80. The standard InChI is InChI=1S/C15H14F2N4OS/c1-7-12(13(22)19-9-6-15(9)2-3-15)21-14(23-7)18-8-4-10(16)20-11(17)5-8/h4-5,9H,2-3,6H2,1H3,(H,19,22)(H,18,20,21). The molecule has 2 N–H and O–H groups in total. The van der Waals surface area contributed by atoms with Crippen LogP contribution in [-0.2, 0) is 0 Å². The van der Waals surface area contributed by atoms with E-state index in [9.17, 15) is 13.6 Å². The molecule has 2 saturated carbocycles. The van der Waals surface area contributed by atoms with Gasteiger partial charge in [0.05, 0.1) is 0 Å². The summed E-state index contributed by atoms with van der Waals surface area (Å²) in [5.41, 5.74) is 0.942. The minimum absolute atomic E-state index is 0.187. The van der Waals surface area contributed by atoms with Crippen LogP contribution in [0.3, 0.4) is 0 Å². The predicted molar refractivity (Wildman–Crippen MR) is 81.8 cm³/mol. The Kier molecular flexibility index (Phi) is 3.12. The number of aryl methyl sites for hydroxylation is 1. The van der Waals surface area contributed by atoms with Crippen LogP contribution in [0.25, 0.3) is 0 Å². The molecule has 8 heteroatoms. The van der Waals surface area contributed by atoms with Gasteiger partial charge in [-0.05, 0) is 31.6 Å². The molecule has 2 aliphatic carbocycles. The number of pyridine rings is 1. The zero-order valence-corrected chi connectivity index (χ0v) is 13.1. The summed E-state index contributed by atoms with van der Waals surface area (Å²) < 4.78 is 26.2. The Hall–Kier alpha value is -2.09. The zero-order valence-electron chi connectivity index (χ0n) is 12.3. The van der Waals surface area contributed by atoms with Crippen molar-refractivity contribution in [1.82, 2.24) is 15.3 Å². The average molecular weight is 336 g/mol. The predicted octanol–water partition coefficient (Wildman–Crippen LogP) is 3.15. The van der Waals surface area contributed by atoms with Crippen LogP contribution in [-0.4, -0.2) is 21.9 Å². The Morgan fingerprint density at radius 2 is 2.00 bits per heavy atom. The van der Waals surface area contributed by atoms with E-state index in [1.54, 1.807) is 6.92 Å². The number of nitrogens with one attached hydrogen (secondary N) is 2. The van der Waals surface area contributed by atoms with Crippen LogP contribution in [0.4, 0.5) is 19.6 Å². The summed E-state index contributed by atoms with van der Waals surface area (Å²) in [6.07, 6.45) is 3.45. The molecule has 1 spiro atoms. The zero-order chi connectivity index (χ0) is 16.2. The van der Waals surface area contributed by atoms with Crippen LogP contribution in [0, 0.1) is 24.2 Å². The Bertz CT molecular complexity index is 783. The number of amides is 1. The molecule has 2 aliphatic rings. The second-order valence-electron chi connectivity index (χ2n) is 6.14. The van der Waals surface area contributed by atoms with Gasteiger partial charge in [0.25, 0.3) is 5.91 Å². The first-order valence-electron chi connectivity index (χ1n) is 7.34. The van der Waals surface area contributed by atoms with Crippen molar-refractivity contribution < 1.29 is 13.6 Å². The van der Waals surface area contributed by atoms with E-state index in [1.165, 1.54) is 24.2 Å². The molecule has 0 radical (unpaired) electrons. The Balaban J connectivity index is 1.48. The summed E-state index contributed by atoms with van der Waals surface area (Å²) in [5.74, 6) is -2.02. The molecule has 0 bridgehead atoms. The van der Waals surface area contributed by atoms with E-state index in [4.69, 9.17) is 0 Å². The van der Waals surface area contributed by atoms with Gasteiger partial charge in [0.1, 0.15) is 5.69 Å². The molecule has 0 aliphatic heterocycles. The molecule has 1 amide bonds. The monoisotopic (exact) mass is 336 g/mol. The number of carbonyl (C=O) groups excluding carboxylic acids is 1. The molecule has 2 aromatic heterocycles. The van der Waals surface area contributed by atoms with E-state index in [-0.39, 0.29) is 17.6 Å². The molecule has 0 saturated heterocycles. The largest absolute Gasteiger partial charge is 0.347 e. The highest BCUT2D eigenvalue weighted by Crippen LogP contribution is 2.65. The maximum absolute atomic E-state index is 13.1. The maximum Gasteiger partial charge on any atom is 0.271 e. The third-order valence-electron chi connectivity index (χ3n) is 4.41. The second kappa shape index (κ2) is 4.95. The van der Waals surface area contributed by atoms with Gasteiger partial charge >= 0.3 is 0 Å². The summed E-state index contributed by atoms with van der Waals surface area (Å²) >= 11 is 1.26. The van der Waals surface area contributed by atoms with E-state index >= 15 is 0 Å². The third-order valence-corrected chi connectivity index (χ3v) is 5.30. The van der Waals surface area contributed by atoms with Crippen molar-refractivity contribution in [2.24, 2.45) is 5.41 Å². The Labute approximate surface area is 135 Å². The number of nitrogens with zero attached hydrogens (tertiary/aromatic N) is 2. The number of rotatable bonds is 4. The van der Waals surface area contributed by atoms with Crippen LogP contribution < -0.4 is 10.6 Å². The van der Waals surface area contributed by atoms with Gasteiger partial charge in [-0.15, -0.1) is 11.3 Å². The van der Waals surface area contributed by atoms with Crippen LogP contribution in [0.2, 0.25) is 0 Å². The Morgan fingerprint density at radius 3 is 2.61 bits per heavy atom. The fraction of sp³-hybridized carbons (Fsp3) is 0.400. The molecule has 4 rings (SSSR count). The summed E-state index contributed by atoms with van der Waals surface area (Å²) in [7, 11) is 0. The molecule has 23 heavy (non-hydrogen) atoms. The third kappa shape index (κ3) is 2.78. The van der Waals surface area contributed by atoms with Gasteiger partial charge in [0.2, 0.25) is 11.9 Å². The van der Waals surface area contributed by atoms with E-state index in [2.05, 4.69) is 20.6 Å². The van der Waals surface area contributed by atoms with Crippen LogP contribution in [0.1, 0.15) is 34.6 Å². The van der Waals surface area contributed by atoms with Gasteiger partial charge in [-0.25, -0.2) is 4.98 Å². The number of hydrogen-bond acceptors (Lipinski definition) is 5. The lowest BCUT2D eigenvalue weighted by Gasteiger charge is -2.03. The van der Waals surface area contributed by atoms with E-state index in [1.807, 2.05) is 0 Å². The van der Waals surface area contributed by atoms with Gasteiger partial charge in [-0.1, -0.05) is 0 Å². The minimum Gasteiger partial charge on any atom is -0.347 e. The highest BCUT2D eigenvalue weighted by molar-refractivity contribution is 7.15. The average Bonchev–Trinajstić information content (AvgIpc) is 3.33. The molecule has 1 atom stereocenters. The van der Waals surface area contributed by atoms with Crippen molar-refractivity contribution in [1.29, 1.82) is 0 Å². The van der Waals surface area contributed by atoms with Gasteiger partial charge in [0.15, 0.2) is 5.13 Å². The molecule has 2 heterocycles. The van der Waals surface area contributed by atoms with Crippen molar-refractivity contribution in [3.05, 3.63) is 34.6 Å². The first-order chi connectivity index (χ1) is 10.9. The van der Waals surface area contributed by atoms with Crippen molar-refractivity contribution in [2.75, 3.05) is 5.32 Å². The minimum atomic E-state index is -0.915. The summed E-state index contributed by atoms with van der Waals surface area (Å²) in [5, 5.41) is 6.22. The number of hydrogen-bond donors (Lipinski definition) is 2. The fourth-order valence-corrected chi connectivity index (χ4v) is 3.64. The van der Waals surface area contributed by atoms with Crippen molar-refractivity contribution in [2.45, 2.75) is 32.2 Å². The Morgan fingerprint density at radius 1 is 1.30 bits per heavy atom. The van der Waals surface area contributed by atoms with Gasteiger partial charge in [-0.3, -0.25) is 4.79 Å². The van der Waals surface area contributed by atoms with Crippen LogP contribution >= 0.6 is 11.3 Å². The molecule has 1 unspecified atom stereocenters. The number of thiazole rings is 1. The lowest BCUT2D eigenvalue weighted by atomic mass is 10.3. The quantitative estimate of drug-likeness (QED) is 0.842. The van der Waals surface area contributed by atoms with Crippen LogP contribution in [0.15, 0.2) is 12.1 Å². The number of anilines is 2. The SMILES string of the molecule is Cc1sc(Nc2cc(F)nc(F)c2)nc1C(=O)NC1CC12CC2. The van der Waals surface area contributed by atoms with Crippen molar-refractivity contribution in [3.63, 3.8) is 0 Å². The highest BCUT2D eigenvalue weighted by atomic mass is 32.1. The number of halogens is 2. The number of aromatic nitrogens is 2. The first kappa shape index (κ1) is 14.5. The topological polar surface area (TPSA) is 66.9 Å².